The van der Waals surface area contributed by atoms with E-state index in [1.165, 1.54) is 0 Å². The fourth-order valence-corrected chi connectivity index (χ4v) is 3.26. The summed E-state index contributed by atoms with van der Waals surface area (Å²) in [6, 6.07) is 10.7. The Labute approximate surface area is 174 Å². The van der Waals surface area contributed by atoms with E-state index in [9.17, 15) is 4.79 Å². The molecule has 0 unspecified atom stereocenters. The number of carbonyl (C=O) groups excluding carboxylic acids is 1. The highest BCUT2D eigenvalue weighted by atomic mass is 35.5. The summed E-state index contributed by atoms with van der Waals surface area (Å²) in [5.41, 5.74) is 1.84. The molecule has 144 valence electrons. The molecule has 7 heteroatoms. The zero-order valence-electron chi connectivity index (χ0n) is 15.6. The van der Waals surface area contributed by atoms with Crippen molar-refractivity contribution in [3.8, 4) is 11.8 Å². The molecule has 1 aliphatic rings. The standard InChI is InChI=1S/C22H18ClN5O/c23-20-7-5-18(15-17(20)4-6-19-3-1-2-8-25-19)22(29)28-13-11-27(12-14-28)21-16-24-9-10-26-21/h1-3,5,7-10,15-16H,11-14H2. The maximum atomic E-state index is 13.0. The molecule has 1 aliphatic heterocycles. The van der Waals surface area contributed by atoms with E-state index in [4.69, 9.17) is 11.6 Å². The predicted molar refractivity (Wildman–Crippen MR) is 112 cm³/mol. The molecule has 3 heterocycles. The number of halogens is 1. The number of hydrogen-bond acceptors (Lipinski definition) is 5. The first-order valence-electron chi connectivity index (χ1n) is 9.23. The second-order valence-electron chi connectivity index (χ2n) is 6.50. The molecule has 0 atom stereocenters. The van der Waals surface area contributed by atoms with Crippen LogP contribution in [0.25, 0.3) is 0 Å². The highest BCUT2D eigenvalue weighted by Crippen LogP contribution is 2.19. The number of benzene rings is 1. The summed E-state index contributed by atoms with van der Waals surface area (Å²) in [6.07, 6.45) is 6.75. The van der Waals surface area contributed by atoms with Gasteiger partial charge in [-0.15, -0.1) is 0 Å². The molecular formula is C22H18ClN5O. The van der Waals surface area contributed by atoms with Gasteiger partial charge in [-0.3, -0.25) is 9.78 Å². The van der Waals surface area contributed by atoms with E-state index in [-0.39, 0.29) is 5.91 Å². The Bertz CT molecular complexity index is 1050. The third-order valence-corrected chi connectivity index (χ3v) is 4.97. The number of aromatic nitrogens is 3. The van der Waals surface area contributed by atoms with Gasteiger partial charge in [0.05, 0.1) is 11.2 Å². The molecule has 1 saturated heterocycles. The van der Waals surface area contributed by atoms with Gasteiger partial charge in [0.15, 0.2) is 0 Å². The Balaban J connectivity index is 1.46. The lowest BCUT2D eigenvalue weighted by Crippen LogP contribution is -2.49. The summed E-state index contributed by atoms with van der Waals surface area (Å²) in [4.78, 5) is 29.5. The van der Waals surface area contributed by atoms with Crippen LogP contribution in [0.3, 0.4) is 0 Å². The van der Waals surface area contributed by atoms with Gasteiger partial charge in [-0.2, -0.15) is 0 Å². The summed E-state index contributed by atoms with van der Waals surface area (Å²) >= 11 is 6.27. The molecule has 3 aromatic rings. The Kier molecular flexibility index (Phi) is 5.68. The molecule has 1 fully saturated rings. The SMILES string of the molecule is O=C(c1ccc(Cl)c(C#Cc2ccccn2)c1)N1CCN(c2cnccn2)CC1. The van der Waals surface area contributed by atoms with Crippen molar-refractivity contribution in [1.82, 2.24) is 19.9 Å². The normalized spacial score (nSPS) is 13.6. The maximum absolute atomic E-state index is 13.0. The molecule has 6 nitrogen and oxygen atoms in total. The third kappa shape index (κ3) is 4.53. The van der Waals surface area contributed by atoms with Crippen molar-refractivity contribution >= 4 is 23.3 Å². The van der Waals surface area contributed by atoms with Crippen molar-refractivity contribution in [3.63, 3.8) is 0 Å². The van der Waals surface area contributed by atoms with Gasteiger partial charge in [0.1, 0.15) is 11.5 Å². The van der Waals surface area contributed by atoms with Crippen molar-refractivity contribution in [2.24, 2.45) is 0 Å². The average molecular weight is 404 g/mol. The van der Waals surface area contributed by atoms with E-state index in [1.807, 2.05) is 23.1 Å². The van der Waals surface area contributed by atoms with Crippen LogP contribution in [-0.2, 0) is 0 Å². The first-order chi connectivity index (χ1) is 14.2. The Morgan fingerprint density at radius 1 is 0.966 bits per heavy atom. The van der Waals surface area contributed by atoms with Crippen LogP contribution in [0.2, 0.25) is 5.02 Å². The van der Waals surface area contributed by atoms with E-state index in [0.717, 1.165) is 5.82 Å². The number of anilines is 1. The third-order valence-electron chi connectivity index (χ3n) is 4.64. The summed E-state index contributed by atoms with van der Waals surface area (Å²) < 4.78 is 0. The zero-order chi connectivity index (χ0) is 20.1. The zero-order valence-corrected chi connectivity index (χ0v) is 16.4. The Hall–Kier alpha value is -3.43. The van der Waals surface area contributed by atoms with Crippen LogP contribution in [-0.4, -0.2) is 51.9 Å². The maximum Gasteiger partial charge on any atom is 0.254 e. The quantitative estimate of drug-likeness (QED) is 0.616. The molecule has 4 rings (SSSR count). The van der Waals surface area contributed by atoms with Crippen LogP contribution >= 0.6 is 11.6 Å². The van der Waals surface area contributed by atoms with Crippen molar-refractivity contribution < 1.29 is 4.79 Å². The number of hydrogen-bond donors (Lipinski definition) is 0. The van der Waals surface area contributed by atoms with E-state index >= 15 is 0 Å². The van der Waals surface area contributed by atoms with Crippen LogP contribution in [0.1, 0.15) is 21.6 Å². The van der Waals surface area contributed by atoms with E-state index in [0.29, 0.717) is 48.0 Å². The minimum Gasteiger partial charge on any atom is -0.352 e. The number of pyridine rings is 1. The summed E-state index contributed by atoms with van der Waals surface area (Å²) in [7, 11) is 0. The summed E-state index contributed by atoms with van der Waals surface area (Å²) in [5, 5.41) is 0.512. The first kappa shape index (κ1) is 18.9. The van der Waals surface area contributed by atoms with Gasteiger partial charge >= 0.3 is 0 Å². The van der Waals surface area contributed by atoms with Gasteiger partial charge in [0.2, 0.25) is 0 Å². The molecule has 1 amide bonds. The van der Waals surface area contributed by atoms with E-state index in [2.05, 4.69) is 31.7 Å². The summed E-state index contributed by atoms with van der Waals surface area (Å²) in [5.74, 6) is 6.80. The lowest BCUT2D eigenvalue weighted by Gasteiger charge is -2.35. The second kappa shape index (κ2) is 8.72. The lowest BCUT2D eigenvalue weighted by molar-refractivity contribution is 0.0746. The van der Waals surface area contributed by atoms with Crippen molar-refractivity contribution in [2.75, 3.05) is 31.1 Å². The van der Waals surface area contributed by atoms with Gasteiger partial charge < -0.3 is 9.80 Å². The molecule has 29 heavy (non-hydrogen) atoms. The van der Waals surface area contributed by atoms with Gasteiger partial charge in [0.25, 0.3) is 5.91 Å². The minimum absolute atomic E-state index is 0.0265. The molecule has 0 aliphatic carbocycles. The van der Waals surface area contributed by atoms with Crippen molar-refractivity contribution in [2.45, 2.75) is 0 Å². The fraction of sp³-hybridized carbons (Fsp3) is 0.182. The van der Waals surface area contributed by atoms with Crippen LogP contribution in [0, 0.1) is 11.8 Å². The van der Waals surface area contributed by atoms with Crippen molar-refractivity contribution in [1.29, 1.82) is 0 Å². The van der Waals surface area contributed by atoms with E-state index < -0.39 is 0 Å². The molecule has 0 radical (unpaired) electrons. The van der Waals surface area contributed by atoms with Gasteiger partial charge in [-0.25, -0.2) is 9.97 Å². The van der Waals surface area contributed by atoms with E-state index in [1.54, 1.807) is 43.0 Å². The monoisotopic (exact) mass is 403 g/mol. The average Bonchev–Trinajstić information content (AvgIpc) is 2.79. The molecule has 0 bridgehead atoms. The number of amides is 1. The molecular weight excluding hydrogens is 386 g/mol. The van der Waals surface area contributed by atoms with Crippen LogP contribution in [0.5, 0.6) is 0 Å². The molecule has 1 aromatic carbocycles. The lowest BCUT2D eigenvalue weighted by atomic mass is 10.1. The molecule has 0 spiro atoms. The highest BCUT2D eigenvalue weighted by Gasteiger charge is 2.23. The minimum atomic E-state index is -0.0265. The molecule has 0 saturated carbocycles. The largest absolute Gasteiger partial charge is 0.352 e. The van der Waals surface area contributed by atoms with Gasteiger partial charge in [-0.1, -0.05) is 23.6 Å². The Morgan fingerprint density at radius 2 is 1.83 bits per heavy atom. The second-order valence-corrected chi connectivity index (χ2v) is 6.91. The summed E-state index contributed by atoms with van der Waals surface area (Å²) in [6.45, 7) is 2.66. The van der Waals surface area contributed by atoms with Crippen LogP contribution in [0.4, 0.5) is 5.82 Å². The fourth-order valence-electron chi connectivity index (χ4n) is 3.10. The molecule has 2 aromatic heterocycles. The number of nitrogens with zero attached hydrogens (tertiary/aromatic N) is 5. The predicted octanol–water partition coefficient (Wildman–Crippen LogP) is 2.89. The first-order valence-corrected chi connectivity index (χ1v) is 9.61. The smallest absolute Gasteiger partial charge is 0.254 e. The van der Waals surface area contributed by atoms with Crippen LogP contribution < -0.4 is 4.90 Å². The number of carbonyl (C=O) groups is 1. The molecule has 0 N–H and O–H groups in total. The van der Waals surface area contributed by atoms with Crippen LogP contribution in [0.15, 0.2) is 61.2 Å². The van der Waals surface area contributed by atoms with Gasteiger partial charge in [-0.05, 0) is 36.3 Å². The van der Waals surface area contributed by atoms with Crippen molar-refractivity contribution in [3.05, 3.63) is 83.0 Å². The number of rotatable bonds is 2. The number of piperazine rings is 1. The topological polar surface area (TPSA) is 62.2 Å². The highest BCUT2D eigenvalue weighted by molar-refractivity contribution is 6.31. The van der Waals surface area contributed by atoms with Gasteiger partial charge in [0, 0.05) is 55.9 Å². The Morgan fingerprint density at radius 3 is 2.55 bits per heavy atom.